The first-order chi connectivity index (χ1) is 9.25. The highest BCUT2D eigenvalue weighted by molar-refractivity contribution is 5.18. The molecule has 4 saturated heterocycles. The fraction of sp³-hybridized carbons (Fsp3) is 0.625. The highest BCUT2D eigenvalue weighted by Crippen LogP contribution is 2.31. The Labute approximate surface area is 115 Å². The molecule has 2 unspecified atom stereocenters. The molecule has 4 aliphatic rings. The topological polar surface area (TPSA) is 36.5 Å². The summed E-state index contributed by atoms with van der Waals surface area (Å²) < 4.78 is 0. The molecule has 0 aromatic heterocycles. The number of nitrogens with one attached hydrogen (secondary N) is 2. The SMILES string of the molecule is [NH3+][C@H]1C2C[NH+]3CC[NH+](C2)CC1(Cc1ccccc1)C3. The summed E-state index contributed by atoms with van der Waals surface area (Å²) in [6, 6.07) is 11.8. The van der Waals surface area contributed by atoms with Crippen molar-refractivity contribution in [2.24, 2.45) is 11.3 Å². The lowest BCUT2D eigenvalue weighted by Gasteiger charge is -2.47. The molecular weight excluding hydrogens is 234 g/mol. The fourth-order valence-corrected chi connectivity index (χ4v) is 5.06. The summed E-state index contributed by atoms with van der Waals surface area (Å²) >= 11 is 0. The van der Waals surface area contributed by atoms with Gasteiger partial charge >= 0.3 is 0 Å². The van der Waals surface area contributed by atoms with Gasteiger partial charge in [-0.25, -0.2) is 0 Å². The number of piperidine rings is 2. The van der Waals surface area contributed by atoms with Crippen LogP contribution in [0.25, 0.3) is 0 Å². The molecule has 1 aromatic carbocycles. The van der Waals surface area contributed by atoms with Gasteiger partial charge in [0.1, 0.15) is 30.5 Å². The highest BCUT2D eigenvalue weighted by Gasteiger charge is 2.60. The van der Waals surface area contributed by atoms with Crippen LogP contribution in [0.4, 0.5) is 0 Å². The zero-order chi connectivity index (χ0) is 12.9. The molecule has 0 radical (unpaired) electrons. The predicted molar refractivity (Wildman–Crippen MR) is 73.9 cm³/mol. The van der Waals surface area contributed by atoms with E-state index >= 15 is 0 Å². The van der Waals surface area contributed by atoms with Crippen molar-refractivity contribution in [1.82, 2.24) is 0 Å². The van der Waals surface area contributed by atoms with E-state index in [9.17, 15) is 0 Å². The van der Waals surface area contributed by atoms with Crippen LogP contribution in [0, 0.1) is 11.3 Å². The van der Waals surface area contributed by atoms with E-state index in [0.29, 0.717) is 11.5 Å². The maximum atomic E-state index is 4.62. The van der Waals surface area contributed by atoms with E-state index in [2.05, 4.69) is 36.1 Å². The lowest BCUT2D eigenvalue weighted by atomic mass is 9.65. The first kappa shape index (κ1) is 11.9. The molecule has 0 spiro atoms. The summed E-state index contributed by atoms with van der Waals surface area (Å²) in [5.41, 5.74) is 6.60. The van der Waals surface area contributed by atoms with Gasteiger partial charge in [0.05, 0.1) is 26.2 Å². The first-order valence-corrected chi connectivity index (χ1v) is 7.79. The largest absolute Gasteiger partial charge is 0.354 e. The van der Waals surface area contributed by atoms with Crippen LogP contribution in [0.3, 0.4) is 0 Å². The van der Waals surface area contributed by atoms with Crippen LogP contribution in [0.5, 0.6) is 0 Å². The van der Waals surface area contributed by atoms with E-state index in [1.54, 1.807) is 0 Å². The third-order valence-electron chi connectivity index (χ3n) is 5.89. The Morgan fingerprint density at radius 2 is 1.68 bits per heavy atom. The van der Waals surface area contributed by atoms with Crippen molar-refractivity contribution in [2.75, 3.05) is 39.3 Å². The van der Waals surface area contributed by atoms with Crippen molar-refractivity contribution in [3.63, 3.8) is 0 Å². The van der Waals surface area contributed by atoms with E-state index in [4.69, 9.17) is 0 Å². The third-order valence-corrected chi connectivity index (χ3v) is 5.89. The standard InChI is InChI=1S/C16H23N3/c17-15-14-9-18-6-7-19(10-14)12-16(15,11-18)8-13-4-2-1-3-5-13/h1-5,14-15H,6-12,17H2/p+3/t14?,15-,16?/m0/s1. The Bertz CT molecular complexity index is 442. The average molecular weight is 260 g/mol. The zero-order valence-corrected chi connectivity index (χ0v) is 11.7. The predicted octanol–water partition coefficient (Wildman–Crippen LogP) is -2.75. The van der Waals surface area contributed by atoms with Gasteiger partial charge in [0, 0.05) is 0 Å². The van der Waals surface area contributed by atoms with E-state index in [1.807, 2.05) is 9.80 Å². The van der Waals surface area contributed by atoms with E-state index in [1.165, 1.54) is 51.3 Å². The second kappa shape index (κ2) is 4.30. The van der Waals surface area contributed by atoms with E-state index in [-0.39, 0.29) is 0 Å². The number of hydrogen-bond acceptors (Lipinski definition) is 0. The second-order valence-electron chi connectivity index (χ2n) is 7.15. The average Bonchev–Trinajstić information content (AvgIpc) is 2.65. The fourth-order valence-electron chi connectivity index (χ4n) is 5.06. The lowest BCUT2D eigenvalue weighted by molar-refractivity contribution is -0.918. The van der Waals surface area contributed by atoms with Crippen LogP contribution in [-0.4, -0.2) is 45.3 Å². The van der Waals surface area contributed by atoms with Crippen LogP contribution in [0.1, 0.15) is 5.56 Å². The normalized spacial score (nSPS) is 44.3. The maximum absolute atomic E-state index is 4.62. The molecule has 1 aromatic rings. The number of fused-ring (bicyclic) bond motifs is 1. The Morgan fingerprint density at radius 1 is 1.05 bits per heavy atom. The molecule has 102 valence electrons. The summed E-state index contributed by atoms with van der Waals surface area (Å²) in [5.74, 6) is 0.860. The molecule has 0 saturated carbocycles. The lowest BCUT2D eigenvalue weighted by Crippen LogP contribution is -3.19. The molecule has 0 aliphatic carbocycles. The summed E-state index contributed by atoms with van der Waals surface area (Å²) in [4.78, 5) is 3.71. The van der Waals surface area contributed by atoms with Crippen LogP contribution in [0.15, 0.2) is 30.3 Å². The third kappa shape index (κ3) is 1.92. The first-order valence-electron chi connectivity index (χ1n) is 7.79. The van der Waals surface area contributed by atoms with Crippen LogP contribution < -0.4 is 15.5 Å². The number of rotatable bonds is 2. The van der Waals surface area contributed by atoms with Crippen molar-refractivity contribution >= 4 is 0 Å². The number of quaternary nitrogens is 3. The van der Waals surface area contributed by atoms with Crippen molar-refractivity contribution in [1.29, 1.82) is 0 Å². The van der Waals surface area contributed by atoms with Gasteiger partial charge in [-0.05, 0) is 12.0 Å². The molecule has 5 N–H and O–H groups in total. The van der Waals surface area contributed by atoms with Crippen LogP contribution in [0.2, 0.25) is 0 Å². The van der Waals surface area contributed by atoms with Gasteiger partial charge in [-0.1, -0.05) is 30.3 Å². The van der Waals surface area contributed by atoms with Crippen LogP contribution >= 0.6 is 0 Å². The van der Waals surface area contributed by atoms with Gasteiger partial charge in [0.2, 0.25) is 0 Å². The molecule has 3 atom stereocenters. The second-order valence-corrected chi connectivity index (χ2v) is 7.15. The van der Waals surface area contributed by atoms with Crippen LogP contribution in [-0.2, 0) is 6.42 Å². The minimum atomic E-state index is 0.462. The van der Waals surface area contributed by atoms with Crippen molar-refractivity contribution < 1.29 is 15.5 Å². The molecule has 4 bridgehead atoms. The van der Waals surface area contributed by atoms with Gasteiger partial charge in [0.25, 0.3) is 0 Å². The van der Waals surface area contributed by atoms with E-state index < -0.39 is 0 Å². The van der Waals surface area contributed by atoms with Gasteiger partial charge in [-0.15, -0.1) is 0 Å². The monoisotopic (exact) mass is 260 g/mol. The molecule has 0 amide bonds. The molecular formula is C16H26N3+3. The van der Waals surface area contributed by atoms with Crippen molar-refractivity contribution in [3.05, 3.63) is 35.9 Å². The minimum absolute atomic E-state index is 0.462. The molecule has 3 nitrogen and oxygen atoms in total. The smallest absolute Gasteiger partial charge is 0.127 e. The van der Waals surface area contributed by atoms with Gasteiger partial charge in [-0.2, -0.15) is 0 Å². The van der Waals surface area contributed by atoms with Gasteiger partial charge in [-0.3, -0.25) is 0 Å². The molecule has 4 fully saturated rings. The summed E-state index contributed by atoms with van der Waals surface area (Å²) in [7, 11) is 0. The van der Waals surface area contributed by atoms with Crippen molar-refractivity contribution in [2.45, 2.75) is 12.5 Å². The summed E-state index contributed by atoms with van der Waals surface area (Å²) in [6.45, 7) is 8.25. The molecule has 4 heterocycles. The molecule has 19 heavy (non-hydrogen) atoms. The summed E-state index contributed by atoms with van der Waals surface area (Å²) in [6.07, 6.45) is 1.24. The van der Waals surface area contributed by atoms with Crippen molar-refractivity contribution in [3.8, 4) is 0 Å². The minimum Gasteiger partial charge on any atom is -0.354 e. The Kier molecular flexibility index (Phi) is 2.69. The Hall–Kier alpha value is -0.900. The molecule has 4 aliphatic heterocycles. The van der Waals surface area contributed by atoms with Gasteiger partial charge < -0.3 is 15.5 Å². The molecule has 5 rings (SSSR count). The maximum Gasteiger partial charge on any atom is 0.127 e. The summed E-state index contributed by atoms with van der Waals surface area (Å²) in [5, 5.41) is 0. The Balaban J connectivity index is 1.68. The Morgan fingerprint density at radius 3 is 2.32 bits per heavy atom. The van der Waals surface area contributed by atoms with Gasteiger partial charge in [0.15, 0.2) is 0 Å². The van der Waals surface area contributed by atoms with E-state index in [0.717, 1.165) is 5.92 Å². The zero-order valence-electron chi connectivity index (χ0n) is 11.7. The molecule has 3 heteroatoms. The quantitative estimate of drug-likeness (QED) is 0.516. The number of benzene rings is 1. The highest BCUT2D eigenvalue weighted by atomic mass is 15.3. The number of hydrogen-bond donors (Lipinski definition) is 3.